The highest BCUT2D eigenvalue weighted by Gasteiger charge is 2.23. The number of nitrogens with zero attached hydrogens (tertiary/aromatic N) is 4. The summed E-state index contributed by atoms with van der Waals surface area (Å²) in [6.07, 6.45) is 0. The zero-order valence-corrected chi connectivity index (χ0v) is 15.1. The van der Waals surface area contributed by atoms with Crippen LogP contribution in [0.4, 0.5) is 5.13 Å². The Morgan fingerprint density at radius 2 is 2.08 bits per heavy atom. The van der Waals surface area contributed by atoms with E-state index < -0.39 is 0 Å². The van der Waals surface area contributed by atoms with E-state index in [1.807, 2.05) is 16.3 Å². The minimum Gasteiger partial charge on any atom is -0.382 e. The van der Waals surface area contributed by atoms with Crippen LogP contribution < -0.4 is 4.90 Å². The predicted molar refractivity (Wildman–Crippen MR) is 94.7 cm³/mol. The molecule has 1 amide bonds. The molecule has 0 N–H and O–H groups in total. The molecule has 130 valence electrons. The molecule has 3 rings (SSSR count). The number of aromatic nitrogens is 2. The molecule has 0 aromatic carbocycles. The van der Waals surface area contributed by atoms with Gasteiger partial charge in [0.15, 0.2) is 5.01 Å². The van der Waals surface area contributed by atoms with Crippen molar-refractivity contribution in [2.75, 3.05) is 58.0 Å². The second-order valence-electron chi connectivity index (χ2n) is 5.28. The third-order valence-corrected chi connectivity index (χ3v) is 5.73. The number of anilines is 1. The maximum absolute atomic E-state index is 12.1. The fourth-order valence-corrected chi connectivity index (χ4v) is 4.07. The van der Waals surface area contributed by atoms with Gasteiger partial charge in [0, 0.05) is 33.3 Å². The van der Waals surface area contributed by atoms with E-state index >= 15 is 0 Å². The maximum atomic E-state index is 12.1. The first-order valence-corrected chi connectivity index (χ1v) is 9.44. The number of rotatable bonds is 7. The van der Waals surface area contributed by atoms with Crippen LogP contribution in [0.25, 0.3) is 9.88 Å². The monoisotopic (exact) mass is 368 g/mol. The summed E-state index contributed by atoms with van der Waals surface area (Å²) in [5.41, 5.74) is 0. The summed E-state index contributed by atoms with van der Waals surface area (Å²) in [5, 5.41) is 12.5. The Morgan fingerprint density at radius 3 is 2.79 bits per heavy atom. The van der Waals surface area contributed by atoms with Gasteiger partial charge in [-0.25, -0.2) is 0 Å². The summed E-state index contributed by atoms with van der Waals surface area (Å²) >= 11 is 3.26. The average Bonchev–Trinajstić information content (AvgIpc) is 3.29. The molecule has 0 atom stereocenters. The van der Waals surface area contributed by atoms with Crippen molar-refractivity contribution in [2.24, 2.45) is 0 Å². The topological polar surface area (TPSA) is 67.8 Å². The van der Waals surface area contributed by atoms with Crippen LogP contribution in [0.5, 0.6) is 0 Å². The van der Waals surface area contributed by atoms with Crippen LogP contribution in [0.1, 0.15) is 0 Å². The van der Waals surface area contributed by atoms with E-state index in [0.717, 1.165) is 28.1 Å². The quantitative estimate of drug-likeness (QED) is 0.691. The van der Waals surface area contributed by atoms with Gasteiger partial charge in [0.1, 0.15) is 6.61 Å². The highest BCUT2D eigenvalue weighted by molar-refractivity contribution is 7.22. The molecule has 0 radical (unpaired) electrons. The zero-order valence-electron chi connectivity index (χ0n) is 13.5. The smallest absolute Gasteiger partial charge is 0.248 e. The Labute approximate surface area is 148 Å². The van der Waals surface area contributed by atoms with Crippen molar-refractivity contribution in [3.8, 4) is 9.88 Å². The van der Waals surface area contributed by atoms with Crippen LogP contribution >= 0.6 is 22.7 Å². The van der Waals surface area contributed by atoms with Crippen molar-refractivity contribution < 1.29 is 14.3 Å². The minimum atomic E-state index is 0.0299. The lowest BCUT2D eigenvalue weighted by atomic mass is 10.3. The normalized spacial score (nSPS) is 15.0. The first kappa shape index (κ1) is 17.3. The molecule has 2 aromatic heterocycles. The van der Waals surface area contributed by atoms with Gasteiger partial charge in [0.25, 0.3) is 0 Å². The van der Waals surface area contributed by atoms with Crippen LogP contribution in [0, 0.1) is 0 Å². The van der Waals surface area contributed by atoms with Gasteiger partial charge in [0.05, 0.1) is 18.1 Å². The van der Waals surface area contributed by atoms with Crippen molar-refractivity contribution in [3.05, 3.63) is 17.5 Å². The van der Waals surface area contributed by atoms with Gasteiger partial charge < -0.3 is 19.3 Å². The molecular formula is C15H20N4O3S2. The summed E-state index contributed by atoms with van der Waals surface area (Å²) in [7, 11) is 1.61. The van der Waals surface area contributed by atoms with Gasteiger partial charge in [-0.2, -0.15) is 0 Å². The van der Waals surface area contributed by atoms with E-state index in [0.29, 0.717) is 26.3 Å². The number of piperazine rings is 1. The van der Waals surface area contributed by atoms with Gasteiger partial charge in [-0.15, -0.1) is 21.5 Å². The summed E-state index contributed by atoms with van der Waals surface area (Å²) in [4.78, 5) is 17.2. The van der Waals surface area contributed by atoms with Crippen molar-refractivity contribution >= 4 is 33.7 Å². The van der Waals surface area contributed by atoms with E-state index in [4.69, 9.17) is 9.47 Å². The number of methoxy groups -OCH3 is 1. The average molecular weight is 368 g/mol. The summed E-state index contributed by atoms with van der Waals surface area (Å²) in [5.74, 6) is 0.0299. The molecule has 1 saturated heterocycles. The molecule has 7 nitrogen and oxygen atoms in total. The van der Waals surface area contributed by atoms with E-state index in [9.17, 15) is 4.79 Å². The van der Waals surface area contributed by atoms with Crippen molar-refractivity contribution in [2.45, 2.75) is 0 Å². The maximum Gasteiger partial charge on any atom is 0.248 e. The van der Waals surface area contributed by atoms with Crippen LogP contribution in [0.3, 0.4) is 0 Å². The zero-order chi connectivity index (χ0) is 16.8. The Bertz CT molecular complexity index is 639. The van der Waals surface area contributed by atoms with E-state index in [1.165, 1.54) is 0 Å². The number of hydrogen-bond acceptors (Lipinski definition) is 8. The second-order valence-corrected chi connectivity index (χ2v) is 7.18. The number of carbonyl (C=O) groups excluding carboxylic acids is 1. The predicted octanol–water partition coefficient (Wildman–Crippen LogP) is 1.58. The Hall–Kier alpha value is -1.55. The lowest BCUT2D eigenvalue weighted by molar-refractivity contribution is -0.136. The molecule has 1 aliphatic heterocycles. The number of hydrogen-bond donors (Lipinski definition) is 0. The Kier molecular flexibility index (Phi) is 6.13. The molecule has 0 spiro atoms. The first-order chi connectivity index (χ1) is 11.8. The highest BCUT2D eigenvalue weighted by Crippen LogP contribution is 2.31. The number of ether oxygens (including phenoxy) is 2. The minimum absolute atomic E-state index is 0.0299. The fourth-order valence-electron chi connectivity index (χ4n) is 2.38. The summed E-state index contributed by atoms with van der Waals surface area (Å²) in [6.45, 7) is 3.96. The molecule has 24 heavy (non-hydrogen) atoms. The molecule has 0 aliphatic carbocycles. The summed E-state index contributed by atoms with van der Waals surface area (Å²) in [6, 6.07) is 4.06. The molecule has 1 fully saturated rings. The standard InChI is InChI=1S/C15H20N4O3S2/c1-21-8-9-22-11-13(20)18-4-6-19(7-5-18)15-17-16-14(24-15)12-3-2-10-23-12/h2-3,10H,4-9,11H2,1H3. The van der Waals surface area contributed by atoms with E-state index in [1.54, 1.807) is 29.8 Å². The third kappa shape index (κ3) is 4.29. The van der Waals surface area contributed by atoms with Gasteiger partial charge in [-0.3, -0.25) is 4.79 Å². The van der Waals surface area contributed by atoms with Gasteiger partial charge in [-0.1, -0.05) is 17.4 Å². The van der Waals surface area contributed by atoms with Gasteiger partial charge in [-0.05, 0) is 11.4 Å². The third-order valence-electron chi connectivity index (χ3n) is 3.71. The van der Waals surface area contributed by atoms with Crippen LogP contribution in [-0.2, 0) is 14.3 Å². The molecule has 9 heteroatoms. The highest BCUT2D eigenvalue weighted by atomic mass is 32.1. The van der Waals surface area contributed by atoms with Crippen LogP contribution in [-0.4, -0.2) is 74.1 Å². The molecular weight excluding hydrogens is 348 g/mol. The first-order valence-electron chi connectivity index (χ1n) is 7.74. The van der Waals surface area contributed by atoms with Gasteiger partial charge >= 0.3 is 0 Å². The van der Waals surface area contributed by atoms with Crippen LogP contribution in [0.2, 0.25) is 0 Å². The number of thiophene rings is 1. The fraction of sp³-hybridized carbons (Fsp3) is 0.533. The lowest BCUT2D eigenvalue weighted by Crippen LogP contribution is -2.49. The largest absolute Gasteiger partial charge is 0.382 e. The second kappa shape index (κ2) is 8.52. The molecule has 0 saturated carbocycles. The van der Waals surface area contributed by atoms with Crippen molar-refractivity contribution in [3.63, 3.8) is 0 Å². The molecule has 2 aromatic rings. The Morgan fingerprint density at radius 1 is 1.25 bits per heavy atom. The SMILES string of the molecule is COCCOCC(=O)N1CCN(c2nnc(-c3cccs3)s2)CC1. The van der Waals surface area contributed by atoms with E-state index in [2.05, 4.69) is 21.2 Å². The van der Waals surface area contributed by atoms with Crippen LogP contribution in [0.15, 0.2) is 17.5 Å². The molecule has 0 unspecified atom stereocenters. The van der Waals surface area contributed by atoms with E-state index in [-0.39, 0.29) is 12.5 Å². The number of carbonyl (C=O) groups is 1. The Balaban J connectivity index is 1.47. The van der Waals surface area contributed by atoms with Gasteiger partial charge in [0.2, 0.25) is 11.0 Å². The molecule has 1 aliphatic rings. The molecule has 3 heterocycles. The lowest BCUT2D eigenvalue weighted by Gasteiger charge is -2.34. The summed E-state index contributed by atoms with van der Waals surface area (Å²) < 4.78 is 10.2. The number of amides is 1. The molecule has 0 bridgehead atoms. The van der Waals surface area contributed by atoms with Crippen molar-refractivity contribution in [1.82, 2.24) is 15.1 Å². The van der Waals surface area contributed by atoms with Crippen molar-refractivity contribution in [1.29, 1.82) is 0 Å².